The highest BCUT2D eigenvalue weighted by molar-refractivity contribution is 7.99. The molecule has 5 rings (SSSR count). The number of Topliss-reactive ketones (excluding diaryl/α,β-unsaturated/α-hetero) is 1. The normalized spacial score (nSPS) is 11.3. The van der Waals surface area contributed by atoms with E-state index in [0.717, 1.165) is 44.7 Å². The Morgan fingerprint density at radius 3 is 2.42 bits per heavy atom. The highest BCUT2D eigenvalue weighted by Crippen LogP contribution is 2.29. The monoisotopic (exact) mass is 454 g/mol. The van der Waals surface area contributed by atoms with Gasteiger partial charge in [-0.25, -0.2) is 9.97 Å². The summed E-state index contributed by atoms with van der Waals surface area (Å²) in [5.74, 6) is 0.278. The number of ketones is 1. The van der Waals surface area contributed by atoms with E-state index in [0.29, 0.717) is 12.1 Å². The highest BCUT2D eigenvalue weighted by atomic mass is 32.2. The quantitative estimate of drug-likeness (QED) is 0.219. The van der Waals surface area contributed by atoms with Crippen LogP contribution in [0.1, 0.15) is 22.8 Å². The van der Waals surface area contributed by atoms with Gasteiger partial charge in [-0.15, -0.1) is 0 Å². The second kappa shape index (κ2) is 9.03. The predicted octanol–water partition coefficient (Wildman–Crippen LogP) is 4.69. The van der Waals surface area contributed by atoms with Crippen molar-refractivity contribution < 1.29 is 9.59 Å². The second-order valence-electron chi connectivity index (χ2n) is 7.81. The maximum Gasteiger partial charge on any atom is 0.216 e. The van der Waals surface area contributed by atoms with Crippen molar-refractivity contribution in [3.05, 3.63) is 83.9 Å². The van der Waals surface area contributed by atoms with E-state index >= 15 is 0 Å². The first-order valence-electron chi connectivity index (χ1n) is 10.8. The number of benzene rings is 3. The summed E-state index contributed by atoms with van der Waals surface area (Å²) in [6.07, 6.45) is 0.732. The molecule has 0 aliphatic rings. The van der Waals surface area contributed by atoms with E-state index in [9.17, 15) is 9.59 Å². The summed E-state index contributed by atoms with van der Waals surface area (Å²) in [5, 5.41) is 4.52. The van der Waals surface area contributed by atoms with Crippen LogP contribution in [0.2, 0.25) is 0 Å². The Hall–Kier alpha value is -3.71. The number of para-hydroxylation sites is 3. The number of carbonyl (C=O) groups excluding carboxylic acids is 2. The molecule has 0 atom stereocenters. The lowest BCUT2D eigenvalue weighted by atomic mass is 10.1. The molecule has 6 nitrogen and oxygen atoms in total. The molecule has 0 aliphatic heterocycles. The van der Waals surface area contributed by atoms with Crippen LogP contribution in [-0.2, 0) is 11.2 Å². The van der Waals surface area contributed by atoms with Gasteiger partial charge >= 0.3 is 0 Å². The minimum Gasteiger partial charge on any atom is -0.356 e. The van der Waals surface area contributed by atoms with Crippen LogP contribution in [0.3, 0.4) is 0 Å². The molecule has 0 saturated heterocycles. The average molecular weight is 455 g/mol. The van der Waals surface area contributed by atoms with Crippen LogP contribution in [-0.4, -0.2) is 38.4 Å². The first kappa shape index (κ1) is 21.2. The molecule has 1 N–H and O–H groups in total. The third-order valence-corrected chi connectivity index (χ3v) is 6.45. The van der Waals surface area contributed by atoms with Crippen molar-refractivity contribution in [2.45, 2.75) is 18.5 Å². The largest absolute Gasteiger partial charge is 0.356 e. The Balaban J connectivity index is 1.40. The maximum atomic E-state index is 12.9. The van der Waals surface area contributed by atoms with Crippen molar-refractivity contribution in [1.29, 1.82) is 0 Å². The van der Waals surface area contributed by atoms with Crippen molar-refractivity contribution in [3.8, 4) is 0 Å². The minimum atomic E-state index is -0.0408. The second-order valence-corrected chi connectivity index (χ2v) is 8.76. The number of aromatic nitrogens is 3. The predicted molar refractivity (Wildman–Crippen MR) is 132 cm³/mol. The van der Waals surface area contributed by atoms with Crippen molar-refractivity contribution >= 4 is 51.0 Å². The molecule has 0 spiro atoms. The van der Waals surface area contributed by atoms with Gasteiger partial charge in [-0.2, -0.15) is 0 Å². The Morgan fingerprint density at radius 1 is 0.909 bits per heavy atom. The number of hydrogen-bond acceptors (Lipinski definition) is 5. The molecule has 2 heterocycles. The summed E-state index contributed by atoms with van der Waals surface area (Å²) in [6, 6.07) is 23.5. The lowest BCUT2D eigenvalue weighted by Gasteiger charge is -2.08. The minimum absolute atomic E-state index is 0.0408. The van der Waals surface area contributed by atoms with Crippen LogP contribution in [0.4, 0.5) is 0 Å². The number of thioether (sulfide) groups is 1. The third-order valence-electron chi connectivity index (χ3n) is 5.51. The van der Waals surface area contributed by atoms with E-state index in [1.807, 2.05) is 77.2 Å². The summed E-state index contributed by atoms with van der Waals surface area (Å²) >= 11 is 1.42. The number of nitrogens with zero attached hydrogens (tertiary/aromatic N) is 3. The van der Waals surface area contributed by atoms with E-state index in [-0.39, 0.29) is 17.4 Å². The van der Waals surface area contributed by atoms with Crippen LogP contribution in [0.5, 0.6) is 0 Å². The van der Waals surface area contributed by atoms with Gasteiger partial charge in [-0.05, 0) is 36.2 Å². The number of imidazole rings is 1. The number of nitrogens with one attached hydrogen (secondary N) is 1. The zero-order valence-corrected chi connectivity index (χ0v) is 18.9. The Bertz CT molecular complexity index is 1490. The van der Waals surface area contributed by atoms with E-state index in [2.05, 4.69) is 5.32 Å². The standard InChI is InChI=1S/C26H22N4O2S/c1-17(31)27-15-14-18-10-12-19(13-11-18)24(32)16-33-26-29-21-7-3-2-6-20(21)25-28-22-8-4-5-9-23(22)30(25)26/h2-13H,14-16H2,1H3,(H,27,31). The van der Waals surface area contributed by atoms with Crippen molar-refractivity contribution in [1.82, 2.24) is 19.7 Å². The van der Waals surface area contributed by atoms with E-state index < -0.39 is 0 Å². The van der Waals surface area contributed by atoms with Gasteiger partial charge in [-0.1, -0.05) is 60.3 Å². The molecule has 164 valence electrons. The summed E-state index contributed by atoms with van der Waals surface area (Å²) in [5.41, 5.74) is 5.33. The van der Waals surface area contributed by atoms with E-state index in [1.165, 1.54) is 18.7 Å². The zero-order valence-electron chi connectivity index (χ0n) is 18.1. The molecule has 7 heteroatoms. The van der Waals surface area contributed by atoms with Crippen molar-refractivity contribution in [3.63, 3.8) is 0 Å². The van der Waals surface area contributed by atoms with Crippen molar-refractivity contribution in [2.24, 2.45) is 0 Å². The Labute approximate surface area is 195 Å². The van der Waals surface area contributed by atoms with Gasteiger partial charge in [0.2, 0.25) is 5.91 Å². The molecule has 1 amide bonds. The molecule has 0 saturated carbocycles. The molecule has 0 unspecified atom stereocenters. The number of fused-ring (bicyclic) bond motifs is 5. The van der Waals surface area contributed by atoms with Crippen LogP contribution in [0.15, 0.2) is 78.0 Å². The third kappa shape index (κ3) is 4.32. The molecular weight excluding hydrogens is 432 g/mol. The van der Waals surface area contributed by atoms with Crippen LogP contribution < -0.4 is 5.32 Å². The first-order chi connectivity index (χ1) is 16.1. The summed E-state index contributed by atoms with van der Waals surface area (Å²) in [7, 11) is 0. The highest BCUT2D eigenvalue weighted by Gasteiger charge is 2.15. The fraction of sp³-hybridized carbons (Fsp3) is 0.154. The van der Waals surface area contributed by atoms with Gasteiger partial charge in [0.15, 0.2) is 10.9 Å². The topological polar surface area (TPSA) is 76.4 Å². The van der Waals surface area contributed by atoms with Gasteiger partial charge in [0.1, 0.15) is 5.65 Å². The molecule has 0 bridgehead atoms. The fourth-order valence-electron chi connectivity index (χ4n) is 3.86. The molecular formula is C26H22N4O2S. The van der Waals surface area contributed by atoms with Gasteiger partial charge in [-0.3, -0.25) is 14.0 Å². The number of hydrogen-bond donors (Lipinski definition) is 1. The van der Waals surface area contributed by atoms with Crippen LogP contribution >= 0.6 is 11.8 Å². The molecule has 0 radical (unpaired) electrons. The lowest BCUT2D eigenvalue weighted by Crippen LogP contribution is -2.22. The van der Waals surface area contributed by atoms with Gasteiger partial charge < -0.3 is 5.32 Å². The maximum absolute atomic E-state index is 12.9. The zero-order chi connectivity index (χ0) is 22.8. The SMILES string of the molecule is CC(=O)NCCc1ccc(C(=O)CSc2nc3ccccc3c3nc4ccccc4n23)cc1. The summed E-state index contributed by atoms with van der Waals surface area (Å²) in [6.45, 7) is 2.09. The molecule has 0 fully saturated rings. The molecule has 3 aromatic carbocycles. The summed E-state index contributed by atoms with van der Waals surface area (Å²) in [4.78, 5) is 33.6. The number of rotatable bonds is 7. The van der Waals surface area contributed by atoms with E-state index in [1.54, 1.807) is 0 Å². The molecule has 33 heavy (non-hydrogen) atoms. The van der Waals surface area contributed by atoms with E-state index in [4.69, 9.17) is 9.97 Å². The first-order valence-corrected chi connectivity index (χ1v) is 11.7. The van der Waals surface area contributed by atoms with Gasteiger partial charge in [0.05, 0.1) is 22.3 Å². The van der Waals surface area contributed by atoms with Crippen LogP contribution in [0.25, 0.3) is 27.6 Å². The van der Waals surface area contributed by atoms with Crippen LogP contribution in [0, 0.1) is 0 Å². The molecule has 0 aliphatic carbocycles. The van der Waals surface area contributed by atoms with Gasteiger partial charge in [0.25, 0.3) is 0 Å². The Morgan fingerprint density at radius 2 is 1.64 bits per heavy atom. The smallest absolute Gasteiger partial charge is 0.216 e. The fourth-order valence-corrected chi connectivity index (χ4v) is 4.77. The Kier molecular flexibility index (Phi) is 5.79. The molecule has 2 aromatic heterocycles. The number of carbonyl (C=O) groups is 2. The lowest BCUT2D eigenvalue weighted by molar-refractivity contribution is -0.118. The summed E-state index contributed by atoms with van der Waals surface area (Å²) < 4.78 is 2.04. The van der Waals surface area contributed by atoms with Crippen molar-refractivity contribution in [2.75, 3.05) is 12.3 Å². The van der Waals surface area contributed by atoms with Gasteiger partial charge in [0, 0.05) is 24.4 Å². The average Bonchev–Trinajstić information content (AvgIpc) is 3.23. The number of amides is 1. The molecule has 5 aromatic rings.